The third kappa shape index (κ3) is 13.8. The first-order valence-corrected chi connectivity index (χ1v) is 15.5. The molecule has 1 aliphatic rings. The van der Waals surface area contributed by atoms with Crippen molar-refractivity contribution in [1.29, 1.82) is 0 Å². The number of sulfone groups is 1. The lowest BCUT2D eigenvalue weighted by atomic mass is 10.0. The number of hydrogen-bond acceptors (Lipinski definition) is 7. The van der Waals surface area contributed by atoms with Crippen LogP contribution in [0.15, 0.2) is 77.7 Å². The summed E-state index contributed by atoms with van der Waals surface area (Å²) >= 11 is 0. The molecule has 0 aliphatic carbocycles. The molecule has 1 saturated heterocycles. The van der Waals surface area contributed by atoms with E-state index < -0.39 is 34.1 Å². The number of rotatable bonds is 7. The van der Waals surface area contributed by atoms with E-state index in [2.05, 4.69) is 51.9 Å². The lowest BCUT2D eigenvalue weighted by molar-refractivity contribution is -0.193. The molecular formula is C30H31F6N3O7S. The maximum absolute atomic E-state index is 12.6. The van der Waals surface area contributed by atoms with Gasteiger partial charge in [-0.05, 0) is 52.6 Å². The van der Waals surface area contributed by atoms with Gasteiger partial charge in [0.1, 0.15) is 0 Å². The molecule has 47 heavy (non-hydrogen) atoms. The van der Waals surface area contributed by atoms with Crippen LogP contribution in [0.1, 0.15) is 21.5 Å². The Kier molecular flexibility index (Phi) is 13.9. The molecule has 1 heterocycles. The van der Waals surface area contributed by atoms with E-state index in [1.165, 1.54) is 17.7 Å². The Balaban J connectivity index is 0.000000459. The van der Waals surface area contributed by atoms with E-state index in [0.717, 1.165) is 55.7 Å². The summed E-state index contributed by atoms with van der Waals surface area (Å²) in [4.78, 5) is 33.0. The summed E-state index contributed by atoms with van der Waals surface area (Å²) in [6.07, 6.45) is -9.03. The number of piperazine rings is 1. The smallest absolute Gasteiger partial charge is 0.475 e. The Morgan fingerprint density at radius 2 is 1.26 bits per heavy atom. The number of halogens is 6. The fourth-order valence-electron chi connectivity index (χ4n) is 3.99. The second-order valence-corrected chi connectivity index (χ2v) is 12.0. The number of carboxylic acid groups (broad SMARTS) is 2. The number of carbonyl (C=O) groups is 3. The van der Waals surface area contributed by atoms with Crippen molar-refractivity contribution in [2.24, 2.45) is 0 Å². The Labute approximate surface area is 265 Å². The van der Waals surface area contributed by atoms with Crippen molar-refractivity contribution >= 4 is 27.7 Å². The summed E-state index contributed by atoms with van der Waals surface area (Å²) in [5.41, 5.74) is 4.85. The van der Waals surface area contributed by atoms with Gasteiger partial charge in [0.15, 0.2) is 9.84 Å². The van der Waals surface area contributed by atoms with Crippen LogP contribution in [0.25, 0.3) is 11.1 Å². The molecule has 0 bridgehead atoms. The molecule has 0 radical (unpaired) electrons. The van der Waals surface area contributed by atoms with Gasteiger partial charge in [-0.2, -0.15) is 26.3 Å². The van der Waals surface area contributed by atoms with E-state index in [1.54, 1.807) is 12.1 Å². The van der Waals surface area contributed by atoms with Crippen molar-refractivity contribution in [3.05, 3.63) is 89.5 Å². The first-order valence-electron chi connectivity index (χ1n) is 13.6. The summed E-state index contributed by atoms with van der Waals surface area (Å²) in [6, 6.07) is 22.8. The summed E-state index contributed by atoms with van der Waals surface area (Å²) in [5, 5.41) is 20.5. The second-order valence-electron chi connectivity index (χ2n) is 10.0. The van der Waals surface area contributed by atoms with Gasteiger partial charge >= 0.3 is 24.3 Å². The van der Waals surface area contributed by atoms with Crippen LogP contribution in [0.2, 0.25) is 0 Å². The number of nitrogens with zero attached hydrogens (tertiary/aromatic N) is 1. The van der Waals surface area contributed by atoms with Crippen LogP contribution in [0.4, 0.5) is 26.3 Å². The van der Waals surface area contributed by atoms with Crippen LogP contribution in [0, 0.1) is 0 Å². The SMILES string of the molecule is CS(=O)(=O)c1cccc(C(=O)NCc2cccc(-c3cccc(CN4CCNCC4)c3)c2)c1.O=C(O)C(F)(F)F.O=C(O)C(F)(F)F. The maximum atomic E-state index is 12.6. The van der Waals surface area contributed by atoms with Crippen LogP contribution in [-0.4, -0.2) is 86.2 Å². The van der Waals surface area contributed by atoms with Gasteiger partial charge < -0.3 is 20.8 Å². The van der Waals surface area contributed by atoms with Gasteiger partial charge in [0.05, 0.1) is 4.90 Å². The van der Waals surface area contributed by atoms with E-state index in [1.807, 2.05) is 12.1 Å². The molecule has 0 atom stereocenters. The number of aliphatic carboxylic acids is 2. The van der Waals surface area contributed by atoms with E-state index in [0.29, 0.717) is 12.1 Å². The average molecular weight is 692 g/mol. The Bertz CT molecular complexity index is 1620. The largest absolute Gasteiger partial charge is 0.490 e. The van der Waals surface area contributed by atoms with Gasteiger partial charge in [-0.15, -0.1) is 0 Å². The molecule has 0 saturated carbocycles. The monoisotopic (exact) mass is 691 g/mol. The third-order valence-corrected chi connectivity index (χ3v) is 7.38. The molecule has 3 aromatic rings. The van der Waals surface area contributed by atoms with Crippen LogP contribution in [0.3, 0.4) is 0 Å². The summed E-state index contributed by atoms with van der Waals surface area (Å²) in [5.74, 6) is -5.82. The molecule has 4 N–H and O–H groups in total. The molecule has 0 aromatic heterocycles. The highest BCUT2D eigenvalue weighted by Crippen LogP contribution is 2.23. The van der Waals surface area contributed by atoms with Crippen LogP contribution < -0.4 is 10.6 Å². The van der Waals surface area contributed by atoms with Gasteiger partial charge in [-0.3, -0.25) is 9.69 Å². The van der Waals surface area contributed by atoms with Crippen molar-refractivity contribution < 1.29 is 59.4 Å². The normalized spacial score (nSPS) is 13.7. The van der Waals surface area contributed by atoms with Crippen molar-refractivity contribution in [2.75, 3.05) is 32.4 Å². The molecule has 1 aliphatic heterocycles. The highest BCUT2D eigenvalue weighted by molar-refractivity contribution is 7.90. The van der Waals surface area contributed by atoms with Gasteiger partial charge in [0.2, 0.25) is 0 Å². The van der Waals surface area contributed by atoms with Crippen LogP contribution >= 0.6 is 0 Å². The molecule has 1 amide bonds. The minimum absolute atomic E-state index is 0.137. The summed E-state index contributed by atoms with van der Waals surface area (Å²) in [7, 11) is -3.36. The molecule has 4 rings (SSSR count). The number of amides is 1. The quantitative estimate of drug-likeness (QED) is 0.265. The molecular weight excluding hydrogens is 660 g/mol. The molecule has 3 aromatic carbocycles. The van der Waals surface area contributed by atoms with Crippen LogP contribution in [0.5, 0.6) is 0 Å². The Hall–Kier alpha value is -4.48. The van der Waals surface area contributed by atoms with Gasteiger partial charge in [0.25, 0.3) is 5.91 Å². The van der Waals surface area contributed by atoms with Crippen LogP contribution in [-0.2, 0) is 32.5 Å². The van der Waals surface area contributed by atoms with Gasteiger partial charge in [-0.1, -0.05) is 42.5 Å². The molecule has 256 valence electrons. The van der Waals surface area contributed by atoms with Crippen molar-refractivity contribution in [2.45, 2.75) is 30.3 Å². The first kappa shape index (κ1) is 38.7. The number of nitrogens with one attached hydrogen (secondary N) is 2. The van der Waals surface area contributed by atoms with Gasteiger partial charge in [0, 0.05) is 51.1 Å². The topological polar surface area (TPSA) is 153 Å². The van der Waals surface area contributed by atoms with Crippen molar-refractivity contribution in [3.8, 4) is 11.1 Å². The Morgan fingerprint density at radius 3 is 1.74 bits per heavy atom. The lowest BCUT2D eigenvalue weighted by Gasteiger charge is -2.27. The van der Waals surface area contributed by atoms with Gasteiger partial charge in [-0.25, -0.2) is 18.0 Å². The number of benzene rings is 3. The van der Waals surface area contributed by atoms with Crippen molar-refractivity contribution in [1.82, 2.24) is 15.5 Å². The minimum Gasteiger partial charge on any atom is -0.475 e. The highest BCUT2D eigenvalue weighted by atomic mass is 32.2. The standard InChI is InChI=1S/C26H29N3O3S.2C2HF3O2/c1-33(31,32)25-10-4-9-24(17-25)26(30)28-18-20-5-2-7-22(15-20)23-8-3-6-21(16-23)19-29-13-11-27-12-14-29;2*3-2(4,5)1(6)7/h2-10,15-17,27H,11-14,18-19H2,1H3,(H,28,30);2*(H,6,7). The molecule has 10 nitrogen and oxygen atoms in total. The molecule has 1 fully saturated rings. The average Bonchev–Trinajstić information content (AvgIpc) is 3.00. The van der Waals surface area contributed by atoms with Crippen molar-refractivity contribution in [3.63, 3.8) is 0 Å². The predicted molar refractivity (Wildman–Crippen MR) is 158 cm³/mol. The summed E-state index contributed by atoms with van der Waals surface area (Å²) < 4.78 is 87.0. The third-order valence-electron chi connectivity index (χ3n) is 6.27. The zero-order valence-electron chi connectivity index (χ0n) is 24.7. The molecule has 0 unspecified atom stereocenters. The fourth-order valence-corrected chi connectivity index (χ4v) is 4.66. The van der Waals surface area contributed by atoms with E-state index in [9.17, 15) is 39.6 Å². The zero-order valence-corrected chi connectivity index (χ0v) is 25.5. The van der Waals surface area contributed by atoms with E-state index >= 15 is 0 Å². The first-order chi connectivity index (χ1) is 21.8. The second kappa shape index (κ2) is 16.9. The number of alkyl halides is 6. The predicted octanol–water partition coefficient (Wildman–Crippen LogP) is 4.36. The highest BCUT2D eigenvalue weighted by Gasteiger charge is 2.38. The fraction of sp³-hybridized carbons (Fsp3) is 0.300. The van der Waals surface area contributed by atoms with E-state index in [4.69, 9.17) is 19.8 Å². The number of carbonyl (C=O) groups excluding carboxylic acids is 1. The number of carboxylic acids is 2. The molecule has 0 spiro atoms. The Morgan fingerprint density at radius 1 is 0.787 bits per heavy atom. The minimum atomic E-state index is -5.08. The summed E-state index contributed by atoms with van der Waals surface area (Å²) in [6.45, 7) is 5.49. The number of hydrogen-bond donors (Lipinski definition) is 4. The zero-order chi connectivity index (χ0) is 35.4. The molecule has 17 heteroatoms. The maximum Gasteiger partial charge on any atom is 0.490 e. The lowest BCUT2D eigenvalue weighted by Crippen LogP contribution is -2.42. The van der Waals surface area contributed by atoms with E-state index in [-0.39, 0.29) is 10.8 Å².